The number of benzene rings is 1. The van der Waals surface area contributed by atoms with Crippen molar-refractivity contribution in [3.63, 3.8) is 0 Å². The van der Waals surface area contributed by atoms with E-state index in [0.29, 0.717) is 6.04 Å². The van der Waals surface area contributed by atoms with E-state index in [1.54, 1.807) is 11.3 Å². The Morgan fingerprint density at radius 1 is 1.44 bits per heavy atom. The fourth-order valence-electron chi connectivity index (χ4n) is 1.58. The SMILES string of the molecule is CNC(CSc1cccc(Br)c1)c1sccc1Cl. The summed E-state index contributed by atoms with van der Waals surface area (Å²) in [4.78, 5) is 2.47. The van der Waals surface area contributed by atoms with Gasteiger partial charge in [0.25, 0.3) is 0 Å². The van der Waals surface area contributed by atoms with Gasteiger partial charge in [-0.05, 0) is 36.7 Å². The van der Waals surface area contributed by atoms with Crippen LogP contribution < -0.4 is 5.32 Å². The van der Waals surface area contributed by atoms with Crippen LogP contribution in [0.5, 0.6) is 0 Å². The third-order valence-electron chi connectivity index (χ3n) is 2.52. The second-order valence-corrected chi connectivity index (χ2v) is 7.11. The first-order valence-corrected chi connectivity index (χ1v) is 8.53. The number of thioether (sulfide) groups is 1. The van der Waals surface area contributed by atoms with Gasteiger partial charge in [0.1, 0.15) is 0 Å². The van der Waals surface area contributed by atoms with Crippen LogP contribution in [0.2, 0.25) is 5.02 Å². The average molecular weight is 363 g/mol. The molecule has 1 heterocycles. The van der Waals surface area contributed by atoms with Crippen molar-refractivity contribution in [3.8, 4) is 0 Å². The summed E-state index contributed by atoms with van der Waals surface area (Å²) < 4.78 is 1.11. The molecule has 0 fully saturated rings. The van der Waals surface area contributed by atoms with Crippen LogP contribution in [0, 0.1) is 0 Å². The number of thiophene rings is 1. The maximum Gasteiger partial charge on any atom is 0.0561 e. The Labute approximate surface area is 129 Å². The van der Waals surface area contributed by atoms with Gasteiger partial charge in [0, 0.05) is 20.0 Å². The maximum atomic E-state index is 6.17. The highest BCUT2D eigenvalue weighted by molar-refractivity contribution is 9.10. The molecular weight excluding hydrogens is 350 g/mol. The Bertz CT molecular complexity index is 515. The van der Waals surface area contributed by atoms with Gasteiger partial charge < -0.3 is 5.32 Å². The summed E-state index contributed by atoms with van der Waals surface area (Å²) in [6.07, 6.45) is 0. The molecule has 0 amide bonds. The Morgan fingerprint density at radius 2 is 2.28 bits per heavy atom. The second-order valence-electron chi connectivity index (χ2n) is 3.74. The highest BCUT2D eigenvalue weighted by Crippen LogP contribution is 2.32. The molecule has 1 aromatic carbocycles. The third-order valence-corrected chi connectivity index (χ3v) is 5.58. The minimum atomic E-state index is 0.293. The van der Waals surface area contributed by atoms with E-state index < -0.39 is 0 Å². The van der Waals surface area contributed by atoms with Gasteiger partial charge in [-0.15, -0.1) is 23.1 Å². The molecule has 0 spiro atoms. The lowest BCUT2D eigenvalue weighted by molar-refractivity contribution is 0.674. The third kappa shape index (κ3) is 3.75. The maximum absolute atomic E-state index is 6.17. The highest BCUT2D eigenvalue weighted by atomic mass is 79.9. The lowest BCUT2D eigenvalue weighted by atomic mass is 10.3. The Hall–Kier alpha value is -0.0000000000000000555. The largest absolute Gasteiger partial charge is 0.312 e. The topological polar surface area (TPSA) is 12.0 Å². The van der Waals surface area contributed by atoms with Crippen LogP contribution in [0.25, 0.3) is 0 Å². The van der Waals surface area contributed by atoms with Crippen molar-refractivity contribution in [1.29, 1.82) is 0 Å². The van der Waals surface area contributed by atoms with Gasteiger partial charge in [-0.25, -0.2) is 0 Å². The minimum Gasteiger partial charge on any atom is -0.312 e. The highest BCUT2D eigenvalue weighted by Gasteiger charge is 2.14. The second kappa shape index (κ2) is 6.96. The smallest absolute Gasteiger partial charge is 0.0561 e. The van der Waals surface area contributed by atoms with Crippen LogP contribution in [-0.4, -0.2) is 12.8 Å². The molecule has 0 bridgehead atoms. The zero-order chi connectivity index (χ0) is 13.0. The molecule has 0 aliphatic carbocycles. The standard InChI is InChI=1S/C13H13BrClNS2/c1-16-12(13-11(15)5-6-17-13)8-18-10-4-2-3-9(14)7-10/h2-7,12,16H,8H2,1H3. The van der Waals surface area contributed by atoms with E-state index in [2.05, 4.69) is 39.4 Å². The summed E-state index contributed by atoms with van der Waals surface area (Å²) in [6, 6.07) is 10.6. The van der Waals surface area contributed by atoms with E-state index >= 15 is 0 Å². The quantitative estimate of drug-likeness (QED) is 0.732. The number of halogens is 2. The molecule has 2 aromatic rings. The molecule has 2 rings (SSSR count). The van der Waals surface area contributed by atoms with E-state index in [-0.39, 0.29) is 0 Å². The molecule has 1 aromatic heterocycles. The van der Waals surface area contributed by atoms with E-state index in [1.165, 1.54) is 9.77 Å². The molecular formula is C13H13BrClNS2. The van der Waals surface area contributed by atoms with Crippen LogP contribution in [0.4, 0.5) is 0 Å². The minimum absolute atomic E-state index is 0.293. The summed E-state index contributed by atoms with van der Waals surface area (Å²) in [5.74, 6) is 0.965. The van der Waals surface area contributed by atoms with Crippen LogP contribution in [0.1, 0.15) is 10.9 Å². The van der Waals surface area contributed by atoms with Crippen LogP contribution in [-0.2, 0) is 0 Å². The van der Waals surface area contributed by atoms with E-state index in [1.807, 2.05) is 36.3 Å². The first-order valence-electron chi connectivity index (χ1n) is 5.49. The van der Waals surface area contributed by atoms with Gasteiger partial charge in [-0.1, -0.05) is 33.6 Å². The zero-order valence-corrected chi connectivity index (χ0v) is 13.8. The van der Waals surface area contributed by atoms with E-state index in [4.69, 9.17) is 11.6 Å². The molecule has 1 nitrogen and oxygen atoms in total. The van der Waals surface area contributed by atoms with Gasteiger partial charge in [0.05, 0.1) is 11.1 Å². The lowest BCUT2D eigenvalue weighted by Gasteiger charge is -2.14. The van der Waals surface area contributed by atoms with Crippen molar-refractivity contribution in [2.75, 3.05) is 12.8 Å². The Kier molecular flexibility index (Phi) is 5.57. The van der Waals surface area contributed by atoms with Gasteiger partial charge in [-0.3, -0.25) is 0 Å². The summed E-state index contributed by atoms with van der Waals surface area (Å²) in [6.45, 7) is 0. The molecule has 0 aliphatic rings. The van der Waals surface area contributed by atoms with Crippen molar-refractivity contribution in [3.05, 3.63) is 50.1 Å². The molecule has 1 N–H and O–H groups in total. The fraction of sp³-hybridized carbons (Fsp3) is 0.231. The van der Waals surface area contributed by atoms with Crippen molar-refractivity contribution < 1.29 is 0 Å². The lowest BCUT2D eigenvalue weighted by Crippen LogP contribution is -2.17. The molecule has 5 heteroatoms. The number of nitrogens with one attached hydrogen (secondary N) is 1. The molecule has 1 unspecified atom stereocenters. The van der Waals surface area contributed by atoms with E-state index in [9.17, 15) is 0 Å². The van der Waals surface area contributed by atoms with Crippen molar-refractivity contribution in [2.24, 2.45) is 0 Å². The number of hydrogen-bond donors (Lipinski definition) is 1. The van der Waals surface area contributed by atoms with Gasteiger partial charge in [-0.2, -0.15) is 0 Å². The summed E-state index contributed by atoms with van der Waals surface area (Å²) in [5, 5.41) is 6.21. The molecule has 0 saturated heterocycles. The van der Waals surface area contributed by atoms with Crippen molar-refractivity contribution in [2.45, 2.75) is 10.9 Å². The van der Waals surface area contributed by atoms with E-state index in [0.717, 1.165) is 15.2 Å². The van der Waals surface area contributed by atoms with Crippen LogP contribution >= 0.6 is 50.6 Å². The van der Waals surface area contributed by atoms with Crippen molar-refractivity contribution >= 4 is 50.6 Å². The predicted octanol–water partition coefficient (Wildman–Crippen LogP) is 5.22. The summed E-state index contributed by atoms with van der Waals surface area (Å²) in [7, 11) is 1.97. The van der Waals surface area contributed by atoms with Crippen LogP contribution in [0.15, 0.2) is 45.1 Å². The molecule has 96 valence electrons. The zero-order valence-electron chi connectivity index (χ0n) is 9.82. The number of rotatable bonds is 5. The first-order chi connectivity index (χ1) is 8.70. The molecule has 0 radical (unpaired) electrons. The molecule has 18 heavy (non-hydrogen) atoms. The number of hydrogen-bond acceptors (Lipinski definition) is 3. The normalized spacial score (nSPS) is 12.6. The Morgan fingerprint density at radius 3 is 2.89 bits per heavy atom. The monoisotopic (exact) mass is 361 g/mol. The first kappa shape index (κ1) is 14.4. The van der Waals surface area contributed by atoms with Gasteiger partial charge >= 0.3 is 0 Å². The fourth-order valence-corrected chi connectivity index (χ4v) is 4.61. The van der Waals surface area contributed by atoms with Crippen LogP contribution in [0.3, 0.4) is 0 Å². The molecule has 1 atom stereocenters. The van der Waals surface area contributed by atoms with Crippen molar-refractivity contribution in [1.82, 2.24) is 5.32 Å². The molecule has 0 saturated carbocycles. The van der Waals surface area contributed by atoms with Gasteiger partial charge in [0.2, 0.25) is 0 Å². The summed E-state index contributed by atoms with van der Waals surface area (Å²) >= 11 is 13.2. The average Bonchev–Trinajstić information content (AvgIpc) is 2.77. The summed E-state index contributed by atoms with van der Waals surface area (Å²) in [5.41, 5.74) is 0. The van der Waals surface area contributed by atoms with Gasteiger partial charge in [0.15, 0.2) is 0 Å². The molecule has 0 aliphatic heterocycles. The predicted molar refractivity (Wildman–Crippen MR) is 86.0 cm³/mol. The Balaban J connectivity index is 2.02.